The van der Waals surface area contributed by atoms with Gasteiger partial charge >= 0.3 is 0 Å². The highest BCUT2D eigenvalue weighted by molar-refractivity contribution is 9.10. The van der Waals surface area contributed by atoms with Crippen molar-refractivity contribution in [2.75, 3.05) is 6.61 Å². The van der Waals surface area contributed by atoms with Gasteiger partial charge in [0.05, 0.1) is 17.0 Å². The molecule has 0 aliphatic carbocycles. The van der Waals surface area contributed by atoms with Gasteiger partial charge < -0.3 is 9.67 Å². The first kappa shape index (κ1) is 18.2. The summed E-state index contributed by atoms with van der Waals surface area (Å²) in [6.45, 7) is 2.01. The summed E-state index contributed by atoms with van der Waals surface area (Å²) in [6, 6.07) is 11.5. The molecule has 2 heterocycles. The van der Waals surface area contributed by atoms with Crippen molar-refractivity contribution < 1.29 is 17.7 Å². The lowest BCUT2D eigenvalue weighted by molar-refractivity contribution is 0.284. The Morgan fingerprint density at radius 3 is 2.63 bits per heavy atom. The molecule has 2 aromatic carbocycles. The Kier molecular flexibility index (Phi) is 4.37. The molecule has 1 atom stereocenters. The van der Waals surface area contributed by atoms with E-state index in [4.69, 9.17) is 4.18 Å². The molecule has 27 heavy (non-hydrogen) atoms. The van der Waals surface area contributed by atoms with Gasteiger partial charge in [-0.1, -0.05) is 39.7 Å². The molecule has 0 saturated heterocycles. The third-order valence-electron chi connectivity index (χ3n) is 4.77. The number of rotatable bonds is 4. The van der Waals surface area contributed by atoms with Crippen molar-refractivity contribution in [1.29, 1.82) is 0 Å². The molecular weight excluding hydrogens is 434 g/mol. The highest BCUT2D eigenvalue weighted by atomic mass is 79.9. The van der Waals surface area contributed by atoms with Crippen LogP contribution < -0.4 is 5.56 Å². The fourth-order valence-corrected chi connectivity index (χ4v) is 5.01. The van der Waals surface area contributed by atoms with Crippen LogP contribution in [0.25, 0.3) is 10.9 Å². The van der Waals surface area contributed by atoms with E-state index in [1.165, 1.54) is 22.8 Å². The maximum atomic E-state index is 12.5. The fraction of sp³-hybridized carbons (Fsp3) is 0.211. The lowest BCUT2D eigenvalue weighted by Gasteiger charge is -2.13. The van der Waals surface area contributed by atoms with Crippen molar-refractivity contribution >= 4 is 37.0 Å². The minimum absolute atomic E-state index is 0.0932. The number of halogens is 1. The molecule has 1 aliphatic rings. The van der Waals surface area contributed by atoms with Crippen LogP contribution in [-0.4, -0.2) is 24.7 Å². The van der Waals surface area contributed by atoms with Crippen molar-refractivity contribution in [1.82, 2.24) is 4.57 Å². The van der Waals surface area contributed by atoms with Crippen LogP contribution >= 0.6 is 15.9 Å². The van der Waals surface area contributed by atoms with Crippen molar-refractivity contribution in [3.05, 3.63) is 68.4 Å². The zero-order chi connectivity index (χ0) is 19.3. The van der Waals surface area contributed by atoms with E-state index >= 15 is 0 Å². The third kappa shape index (κ3) is 3.07. The van der Waals surface area contributed by atoms with Gasteiger partial charge in [0.25, 0.3) is 15.7 Å². The molecule has 140 valence electrons. The number of aryl methyl sites for hydroxylation is 1. The maximum absolute atomic E-state index is 12.5. The summed E-state index contributed by atoms with van der Waals surface area (Å²) in [7, 11) is -3.90. The van der Waals surface area contributed by atoms with Crippen LogP contribution in [0.1, 0.15) is 17.0 Å². The van der Waals surface area contributed by atoms with Crippen LogP contribution in [0.5, 0.6) is 5.75 Å². The molecule has 1 aromatic heterocycles. The Hall–Kier alpha value is -2.16. The quantitative estimate of drug-likeness (QED) is 0.617. The Balaban J connectivity index is 1.68. The van der Waals surface area contributed by atoms with Crippen LogP contribution in [0.4, 0.5) is 0 Å². The second-order valence-corrected chi connectivity index (χ2v) is 9.06. The number of aromatic hydroxyl groups is 1. The highest BCUT2D eigenvalue weighted by Gasteiger charge is 2.30. The first-order valence-electron chi connectivity index (χ1n) is 8.29. The van der Waals surface area contributed by atoms with Crippen molar-refractivity contribution in [2.45, 2.75) is 24.3 Å². The Morgan fingerprint density at radius 1 is 1.22 bits per heavy atom. The van der Waals surface area contributed by atoms with Crippen LogP contribution in [-0.2, 0) is 20.8 Å². The van der Waals surface area contributed by atoms with Crippen LogP contribution in [0, 0.1) is 6.92 Å². The second-order valence-electron chi connectivity index (χ2n) is 6.59. The normalized spacial score (nSPS) is 16.1. The molecule has 0 radical (unpaired) electrons. The SMILES string of the molecule is Cc1ccc(S(=O)(=O)OCC2Cn3c(=O)c(O)cc4ccc(Br)c2c43)cc1. The maximum Gasteiger partial charge on any atom is 0.296 e. The second kappa shape index (κ2) is 6.47. The van der Waals surface area contributed by atoms with E-state index in [1.54, 1.807) is 18.2 Å². The molecule has 1 unspecified atom stereocenters. The summed E-state index contributed by atoms with van der Waals surface area (Å²) in [5.74, 6) is -0.664. The zero-order valence-electron chi connectivity index (χ0n) is 14.3. The van der Waals surface area contributed by atoms with Gasteiger partial charge in [-0.3, -0.25) is 8.98 Å². The van der Waals surface area contributed by atoms with E-state index in [0.717, 1.165) is 15.6 Å². The first-order valence-corrected chi connectivity index (χ1v) is 10.5. The largest absolute Gasteiger partial charge is 0.503 e. The molecule has 8 heteroatoms. The van der Waals surface area contributed by atoms with Gasteiger partial charge in [-0.05, 0) is 36.8 Å². The minimum atomic E-state index is -3.90. The third-order valence-corrected chi connectivity index (χ3v) is 6.75. The van der Waals surface area contributed by atoms with Gasteiger partial charge in [-0.15, -0.1) is 0 Å². The molecule has 1 N–H and O–H groups in total. The van der Waals surface area contributed by atoms with E-state index < -0.39 is 15.7 Å². The molecule has 1 aliphatic heterocycles. The standard InChI is InChI=1S/C19H16BrNO5S/c1-11-2-5-14(6-3-11)27(24,25)26-10-13-9-21-18-12(8-16(22)19(21)23)4-7-15(20)17(13)18/h2-8,13,22H,9-10H2,1H3. The van der Waals surface area contributed by atoms with Gasteiger partial charge in [-0.2, -0.15) is 8.42 Å². The number of aromatic nitrogens is 1. The summed E-state index contributed by atoms with van der Waals surface area (Å²) in [5, 5.41) is 10.6. The average molecular weight is 450 g/mol. The Bertz CT molecular complexity index is 1220. The molecule has 0 bridgehead atoms. The predicted molar refractivity (Wildman–Crippen MR) is 105 cm³/mol. The first-order chi connectivity index (χ1) is 12.8. The van der Waals surface area contributed by atoms with E-state index in [9.17, 15) is 18.3 Å². The number of nitrogens with zero attached hydrogens (tertiary/aromatic N) is 1. The molecule has 3 aromatic rings. The van der Waals surface area contributed by atoms with E-state index in [2.05, 4.69) is 15.9 Å². The molecule has 0 fully saturated rings. The molecular formula is C19H16BrNO5S. The summed E-state index contributed by atoms with van der Waals surface area (Å²) in [6.07, 6.45) is 0. The average Bonchev–Trinajstić information content (AvgIpc) is 3.02. The van der Waals surface area contributed by atoms with Crippen molar-refractivity contribution in [3.63, 3.8) is 0 Å². The Morgan fingerprint density at radius 2 is 1.93 bits per heavy atom. The summed E-state index contributed by atoms with van der Waals surface area (Å²) >= 11 is 3.48. The van der Waals surface area contributed by atoms with Crippen molar-refractivity contribution in [2.24, 2.45) is 0 Å². The number of hydrogen-bond donors (Lipinski definition) is 1. The monoisotopic (exact) mass is 449 g/mol. The summed E-state index contributed by atoms with van der Waals surface area (Å²) < 4.78 is 32.5. The lowest BCUT2D eigenvalue weighted by atomic mass is 10.0. The van der Waals surface area contributed by atoms with Gasteiger partial charge in [0, 0.05) is 22.3 Å². The molecule has 6 nitrogen and oxygen atoms in total. The molecule has 4 rings (SSSR count). The van der Waals surface area contributed by atoms with E-state index in [0.29, 0.717) is 10.9 Å². The van der Waals surface area contributed by atoms with Gasteiger partial charge in [0.15, 0.2) is 5.75 Å². The lowest BCUT2D eigenvalue weighted by Crippen LogP contribution is -2.20. The van der Waals surface area contributed by atoms with E-state index in [1.807, 2.05) is 13.0 Å². The van der Waals surface area contributed by atoms with E-state index in [-0.39, 0.29) is 29.7 Å². The molecule has 0 spiro atoms. The smallest absolute Gasteiger partial charge is 0.296 e. The zero-order valence-corrected chi connectivity index (χ0v) is 16.7. The number of benzene rings is 2. The van der Waals surface area contributed by atoms with Gasteiger partial charge in [0.1, 0.15) is 0 Å². The summed E-state index contributed by atoms with van der Waals surface area (Å²) in [4.78, 5) is 12.4. The molecule has 0 saturated carbocycles. The number of hydrogen-bond acceptors (Lipinski definition) is 5. The predicted octanol–water partition coefficient (Wildman–Crippen LogP) is 3.28. The topological polar surface area (TPSA) is 85.6 Å². The van der Waals surface area contributed by atoms with Gasteiger partial charge in [-0.25, -0.2) is 0 Å². The highest BCUT2D eigenvalue weighted by Crippen LogP contribution is 2.39. The number of pyridine rings is 1. The minimum Gasteiger partial charge on any atom is -0.503 e. The fourth-order valence-electron chi connectivity index (χ4n) is 3.42. The van der Waals surface area contributed by atoms with Crippen LogP contribution in [0.15, 0.2) is 56.6 Å². The van der Waals surface area contributed by atoms with Crippen LogP contribution in [0.3, 0.4) is 0 Å². The van der Waals surface area contributed by atoms with Crippen LogP contribution in [0.2, 0.25) is 0 Å². The van der Waals surface area contributed by atoms with Crippen molar-refractivity contribution in [3.8, 4) is 5.75 Å². The summed E-state index contributed by atoms with van der Waals surface area (Å²) in [5.41, 5.74) is 1.96. The van der Waals surface area contributed by atoms with Gasteiger partial charge in [0.2, 0.25) is 0 Å². The Labute approximate surface area is 164 Å². The molecule has 0 amide bonds.